The molecule has 4 heteroatoms. The smallest absolute Gasteiger partial charge is 0.0710 e. The maximum absolute atomic E-state index is 6.08. The number of pyridine rings is 1. The first-order chi connectivity index (χ1) is 7.68. The zero-order chi connectivity index (χ0) is 11.5. The van der Waals surface area contributed by atoms with Gasteiger partial charge in [0.15, 0.2) is 0 Å². The minimum atomic E-state index is -0.123. The molecule has 0 amide bonds. The predicted molar refractivity (Wildman–Crippen MR) is 63.2 cm³/mol. The van der Waals surface area contributed by atoms with Crippen molar-refractivity contribution >= 4 is 5.52 Å². The molecule has 1 atom stereocenters. The van der Waals surface area contributed by atoms with Crippen LogP contribution in [0.15, 0.2) is 30.6 Å². The zero-order valence-corrected chi connectivity index (χ0v) is 9.63. The van der Waals surface area contributed by atoms with Crippen LogP contribution in [0, 0.1) is 0 Å². The summed E-state index contributed by atoms with van der Waals surface area (Å²) in [7, 11) is 0. The standard InChI is InChI=1S/C12H17N3O/c1-9(2)16-8-11(13)10-7-14-15-6-4-3-5-12(10)15/h3-7,9,11H,8,13H2,1-2H3. The normalized spacial score (nSPS) is 13.5. The van der Waals surface area contributed by atoms with E-state index in [1.54, 1.807) is 0 Å². The zero-order valence-electron chi connectivity index (χ0n) is 9.63. The van der Waals surface area contributed by atoms with Crippen LogP contribution in [0.2, 0.25) is 0 Å². The van der Waals surface area contributed by atoms with Crippen molar-refractivity contribution in [3.8, 4) is 0 Å². The molecule has 0 spiro atoms. The van der Waals surface area contributed by atoms with Gasteiger partial charge in [0.1, 0.15) is 0 Å². The predicted octanol–water partition coefficient (Wildman–Crippen LogP) is 1.76. The van der Waals surface area contributed by atoms with Crippen LogP contribution in [0.1, 0.15) is 25.5 Å². The SMILES string of the molecule is CC(C)OCC(N)c1cnn2ccccc12. The van der Waals surface area contributed by atoms with E-state index in [2.05, 4.69) is 5.10 Å². The first-order valence-electron chi connectivity index (χ1n) is 5.48. The third-order valence-electron chi connectivity index (χ3n) is 2.46. The van der Waals surface area contributed by atoms with E-state index >= 15 is 0 Å². The summed E-state index contributed by atoms with van der Waals surface area (Å²) in [5, 5.41) is 4.25. The van der Waals surface area contributed by atoms with Gasteiger partial charge in [-0.05, 0) is 26.0 Å². The molecule has 0 saturated heterocycles. The fourth-order valence-corrected chi connectivity index (χ4v) is 1.63. The number of ether oxygens (including phenoxy) is 1. The number of fused-ring (bicyclic) bond motifs is 1. The van der Waals surface area contributed by atoms with Crippen molar-refractivity contribution in [2.45, 2.75) is 26.0 Å². The van der Waals surface area contributed by atoms with E-state index in [0.717, 1.165) is 11.1 Å². The lowest BCUT2D eigenvalue weighted by Gasteiger charge is -2.13. The summed E-state index contributed by atoms with van der Waals surface area (Å²) < 4.78 is 7.34. The Kier molecular flexibility index (Phi) is 3.22. The molecule has 0 fully saturated rings. The van der Waals surface area contributed by atoms with Crippen LogP contribution in [-0.4, -0.2) is 22.3 Å². The summed E-state index contributed by atoms with van der Waals surface area (Å²) in [5.74, 6) is 0. The van der Waals surface area contributed by atoms with Gasteiger partial charge >= 0.3 is 0 Å². The summed E-state index contributed by atoms with van der Waals surface area (Å²) >= 11 is 0. The molecule has 0 saturated carbocycles. The molecule has 16 heavy (non-hydrogen) atoms. The average Bonchev–Trinajstić information content (AvgIpc) is 2.69. The highest BCUT2D eigenvalue weighted by atomic mass is 16.5. The fourth-order valence-electron chi connectivity index (χ4n) is 1.63. The molecule has 2 rings (SSSR count). The summed E-state index contributed by atoms with van der Waals surface area (Å²) in [6, 6.07) is 5.82. The molecule has 2 aromatic rings. The third-order valence-corrected chi connectivity index (χ3v) is 2.46. The van der Waals surface area contributed by atoms with E-state index in [-0.39, 0.29) is 12.1 Å². The van der Waals surface area contributed by atoms with E-state index in [4.69, 9.17) is 10.5 Å². The Bertz CT molecular complexity index is 464. The minimum absolute atomic E-state index is 0.123. The monoisotopic (exact) mass is 219 g/mol. The number of aromatic nitrogens is 2. The Labute approximate surface area is 95.0 Å². The Balaban J connectivity index is 2.19. The van der Waals surface area contributed by atoms with Gasteiger partial charge in [-0.15, -0.1) is 0 Å². The molecule has 2 N–H and O–H groups in total. The summed E-state index contributed by atoms with van der Waals surface area (Å²) in [6.07, 6.45) is 3.92. The summed E-state index contributed by atoms with van der Waals surface area (Å²) in [4.78, 5) is 0. The molecule has 0 aromatic carbocycles. The van der Waals surface area contributed by atoms with Crippen molar-refractivity contribution in [3.63, 3.8) is 0 Å². The topological polar surface area (TPSA) is 52.5 Å². The van der Waals surface area contributed by atoms with Crippen LogP contribution in [-0.2, 0) is 4.74 Å². The van der Waals surface area contributed by atoms with Crippen LogP contribution in [0.4, 0.5) is 0 Å². The molecule has 0 bridgehead atoms. The second-order valence-corrected chi connectivity index (χ2v) is 4.12. The fraction of sp³-hybridized carbons (Fsp3) is 0.417. The molecule has 0 aliphatic carbocycles. The second kappa shape index (κ2) is 4.63. The summed E-state index contributed by atoms with van der Waals surface area (Å²) in [6.45, 7) is 4.53. The van der Waals surface area contributed by atoms with Crippen molar-refractivity contribution in [1.29, 1.82) is 0 Å². The molecule has 0 aliphatic rings. The summed E-state index contributed by atoms with van der Waals surface area (Å²) in [5.41, 5.74) is 8.15. The molecule has 2 heterocycles. The second-order valence-electron chi connectivity index (χ2n) is 4.12. The molecule has 0 aliphatic heterocycles. The first-order valence-corrected chi connectivity index (χ1v) is 5.48. The lowest BCUT2D eigenvalue weighted by Crippen LogP contribution is -2.19. The van der Waals surface area contributed by atoms with E-state index in [0.29, 0.717) is 6.61 Å². The van der Waals surface area contributed by atoms with Crippen molar-refractivity contribution in [2.75, 3.05) is 6.61 Å². The lowest BCUT2D eigenvalue weighted by molar-refractivity contribution is 0.0685. The Morgan fingerprint density at radius 1 is 1.44 bits per heavy atom. The van der Waals surface area contributed by atoms with E-state index in [1.165, 1.54) is 0 Å². The number of nitrogens with zero attached hydrogens (tertiary/aromatic N) is 2. The maximum Gasteiger partial charge on any atom is 0.0710 e. The molecule has 2 aromatic heterocycles. The molecule has 1 unspecified atom stereocenters. The van der Waals surface area contributed by atoms with Crippen LogP contribution in [0.5, 0.6) is 0 Å². The van der Waals surface area contributed by atoms with E-state index in [1.807, 2.05) is 49.0 Å². The van der Waals surface area contributed by atoms with Gasteiger partial charge in [0.25, 0.3) is 0 Å². The average molecular weight is 219 g/mol. The molecule has 86 valence electrons. The van der Waals surface area contributed by atoms with Crippen molar-refractivity contribution < 1.29 is 4.74 Å². The highest BCUT2D eigenvalue weighted by Crippen LogP contribution is 2.17. The number of hydrogen-bond donors (Lipinski definition) is 1. The van der Waals surface area contributed by atoms with Crippen molar-refractivity contribution in [2.24, 2.45) is 5.73 Å². The van der Waals surface area contributed by atoms with Crippen LogP contribution >= 0.6 is 0 Å². The Hall–Kier alpha value is -1.39. The van der Waals surface area contributed by atoms with Gasteiger partial charge in [-0.2, -0.15) is 5.10 Å². The van der Waals surface area contributed by atoms with E-state index in [9.17, 15) is 0 Å². The quantitative estimate of drug-likeness (QED) is 0.852. The minimum Gasteiger partial charge on any atom is -0.377 e. The highest BCUT2D eigenvalue weighted by Gasteiger charge is 2.12. The van der Waals surface area contributed by atoms with Gasteiger partial charge in [0.2, 0.25) is 0 Å². The van der Waals surface area contributed by atoms with Gasteiger partial charge < -0.3 is 10.5 Å². The Morgan fingerprint density at radius 3 is 3.00 bits per heavy atom. The largest absolute Gasteiger partial charge is 0.377 e. The molecular weight excluding hydrogens is 202 g/mol. The molecule has 0 radical (unpaired) electrons. The molecular formula is C12H17N3O. The highest BCUT2D eigenvalue weighted by molar-refractivity contribution is 5.54. The molecule has 4 nitrogen and oxygen atoms in total. The number of nitrogens with two attached hydrogens (primary N) is 1. The van der Waals surface area contributed by atoms with Gasteiger partial charge in [-0.25, -0.2) is 4.52 Å². The van der Waals surface area contributed by atoms with Crippen molar-refractivity contribution in [1.82, 2.24) is 9.61 Å². The van der Waals surface area contributed by atoms with Gasteiger partial charge in [0, 0.05) is 11.8 Å². The van der Waals surface area contributed by atoms with Crippen LogP contribution in [0.25, 0.3) is 5.52 Å². The third kappa shape index (κ3) is 2.23. The van der Waals surface area contributed by atoms with Crippen LogP contribution in [0.3, 0.4) is 0 Å². The van der Waals surface area contributed by atoms with Crippen molar-refractivity contribution in [3.05, 3.63) is 36.2 Å². The van der Waals surface area contributed by atoms with Gasteiger partial charge in [0.05, 0.1) is 30.5 Å². The van der Waals surface area contributed by atoms with Gasteiger partial charge in [-0.1, -0.05) is 6.07 Å². The lowest BCUT2D eigenvalue weighted by atomic mass is 10.1. The number of hydrogen-bond acceptors (Lipinski definition) is 3. The van der Waals surface area contributed by atoms with Gasteiger partial charge in [-0.3, -0.25) is 0 Å². The van der Waals surface area contributed by atoms with Crippen LogP contribution < -0.4 is 5.73 Å². The Morgan fingerprint density at radius 2 is 2.25 bits per heavy atom. The first kappa shape index (κ1) is 11.1. The van der Waals surface area contributed by atoms with E-state index < -0.39 is 0 Å². The number of rotatable bonds is 4. The maximum atomic E-state index is 6.08.